The van der Waals surface area contributed by atoms with Gasteiger partial charge in [0.2, 0.25) is 0 Å². The topological polar surface area (TPSA) is 13.1 Å². The predicted molar refractivity (Wildman–Crippen MR) is 183 cm³/mol. The summed E-state index contributed by atoms with van der Waals surface area (Å²) in [4.78, 5) is 0. The van der Waals surface area contributed by atoms with Gasteiger partial charge in [0.15, 0.2) is 0 Å². The van der Waals surface area contributed by atoms with Crippen molar-refractivity contribution in [3.8, 4) is 33.4 Å². The van der Waals surface area contributed by atoms with Gasteiger partial charge in [0.05, 0.1) is 17.8 Å². The maximum atomic E-state index is 9.58. The van der Waals surface area contributed by atoms with Crippen LogP contribution in [0, 0.1) is 0 Å². The molecule has 1 heteroatoms. The van der Waals surface area contributed by atoms with Crippen LogP contribution in [0.25, 0.3) is 87.6 Å². The Labute approximate surface area is 267 Å². The molecular formula is C42H26O. The molecule has 1 aromatic heterocycles. The molecule has 0 aliphatic carbocycles. The summed E-state index contributed by atoms with van der Waals surface area (Å²) >= 11 is 0. The van der Waals surface area contributed by atoms with Crippen LogP contribution in [0.1, 0.15) is 17.8 Å². The Kier molecular flexibility index (Phi) is 3.18. The third-order valence-electron chi connectivity index (χ3n) is 7.75. The van der Waals surface area contributed by atoms with Gasteiger partial charge < -0.3 is 4.42 Å². The molecule has 0 unspecified atom stereocenters. The van der Waals surface area contributed by atoms with E-state index in [-0.39, 0.29) is 44.3 Å². The van der Waals surface area contributed by atoms with Crippen molar-refractivity contribution in [2.75, 3.05) is 0 Å². The van der Waals surface area contributed by atoms with Gasteiger partial charge in [-0.2, -0.15) is 0 Å². The summed E-state index contributed by atoms with van der Waals surface area (Å²) in [6.07, 6.45) is 0. The zero-order chi connectivity index (χ0) is 39.6. The maximum absolute atomic E-state index is 9.58. The van der Waals surface area contributed by atoms with Crippen LogP contribution in [-0.4, -0.2) is 0 Å². The van der Waals surface area contributed by atoms with Gasteiger partial charge in [0, 0.05) is 10.8 Å². The monoisotopic (exact) mass is 559 g/mol. The zero-order valence-electron chi connectivity index (χ0n) is 35.4. The lowest BCUT2D eigenvalue weighted by molar-refractivity contribution is 0.669. The van der Waals surface area contributed by atoms with Gasteiger partial charge in [-0.3, -0.25) is 0 Å². The van der Waals surface area contributed by atoms with Crippen molar-refractivity contribution in [2.24, 2.45) is 0 Å². The highest BCUT2D eigenvalue weighted by molar-refractivity contribution is 6.21. The molecule has 0 aliphatic rings. The van der Waals surface area contributed by atoms with Crippen LogP contribution in [0.3, 0.4) is 0 Å². The fourth-order valence-electron chi connectivity index (χ4n) is 5.86. The molecule has 0 saturated heterocycles. The standard InChI is InChI=1S/C42H26O/c1-2-10-27(11-3-1)41-35-13-4-6-15-37(35)42(38-16-7-5-14-36(38)41)32-21-20-28-24-29(18-19-30(28)25-32)31-22-23-34-33-12-8-9-17-39(33)43-40(34)26-31/h1-26H/i8D,9D,12D,17D,18D,19D,20D,21D,22D,23D,24D,25D,26D. The number of hydrogen-bond acceptors (Lipinski definition) is 1. The Balaban J connectivity index is 1.38. The Hall–Kier alpha value is -5.66. The lowest BCUT2D eigenvalue weighted by Gasteiger charge is -2.18. The SMILES string of the molecule is [2H]c1c([2H])c([2H])c2c(oc3c([2H])c(-c4c([2H])c([2H])c5c([2H])c(-c6c7ccccc7c(-c7ccccc7)c7ccccc67)c([2H])c([2H])c5c4[2H])c([2H])c([2H])c32)c1[2H]. The van der Waals surface area contributed by atoms with Crippen molar-refractivity contribution < 1.29 is 22.2 Å². The van der Waals surface area contributed by atoms with Gasteiger partial charge in [-0.05, 0) is 95.9 Å². The highest BCUT2D eigenvalue weighted by Crippen LogP contribution is 2.44. The minimum atomic E-state index is -0.657. The highest BCUT2D eigenvalue weighted by atomic mass is 16.3. The van der Waals surface area contributed by atoms with Gasteiger partial charge in [0.1, 0.15) is 11.2 Å². The molecule has 0 bridgehead atoms. The van der Waals surface area contributed by atoms with E-state index in [1.165, 1.54) is 0 Å². The molecule has 0 fully saturated rings. The fraction of sp³-hybridized carbons (Fsp3) is 0. The molecule has 8 aromatic carbocycles. The van der Waals surface area contributed by atoms with Gasteiger partial charge in [-0.25, -0.2) is 0 Å². The summed E-state index contributed by atoms with van der Waals surface area (Å²) < 4.78 is 122. The van der Waals surface area contributed by atoms with E-state index in [4.69, 9.17) is 14.0 Å². The largest absolute Gasteiger partial charge is 0.456 e. The zero-order valence-corrected chi connectivity index (χ0v) is 22.4. The molecule has 0 spiro atoms. The lowest BCUT2D eigenvalue weighted by atomic mass is 9.85. The number of rotatable bonds is 3. The van der Waals surface area contributed by atoms with E-state index in [0.717, 1.165) is 21.9 Å². The lowest BCUT2D eigenvalue weighted by Crippen LogP contribution is -1.90. The van der Waals surface area contributed by atoms with E-state index in [2.05, 4.69) is 0 Å². The number of hydrogen-bond donors (Lipinski definition) is 0. The van der Waals surface area contributed by atoms with Crippen LogP contribution in [-0.2, 0) is 0 Å². The van der Waals surface area contributed by atoms with E-state index < -0.39 is 83.6 Å². The van der Waals surface area contributed by atoms with E-state index in [0.29, 0.717) is 16.3 Å². The van der Waals surface area contributed by atoms with E-state index in [1.54, 1.807) is 0 Å². The summed E-state index contributed by atoms with van der Waals surface area (Å²) in [5.74, 6) is 0. The summed E-state index contributed by atoms with van der Waals surface area (Å²) in [6.45, 7) is 0. The molecule has 1 nitrogen and oxygen atoms in total. The minimum absolute atomic E-state index is 0.0500. The van der Waals surface area contributed by atoms with Crippen LogP contribution in [0.4, 0.5) is 0 Å². The minimum Gasteiger partial charge on any atom is -0.456 e. The van der Waals surface area contributed by atoms with Crippen LogP contribution in [0.15, 0.2) is 162 Å². The summed E-state index contributed by atoms with van der Waals surface area (Å²) in [7, 11) is 0. The number of benzene rings is 8. The van der Waals surface area contributed by atoms with Crippen LogP contribution < -0.4 is 0 Å². The molecule has 0 atom stereocenters. The molecule has 0 saturated carbocycles. The maximum Gasteiger partial charge on any atom is 0.136 e. The third-order valence-corrected chi connectivity index (χ3v) is 7.75. The first-order valence-corrected chi connectivity index (χ1v) is 13.7. The van der Waals surface area contributed by atoms with Crippen molar-refractivity contribution >= 4 is 54.3 Å². The molecule has 0 radical (unpaired) electrons. The first kappa shape index (κ1) is 14.5. The van der Waals surface area contributed by atoms with Gasteiger partial charge in [-0.1, -0.05) is 127 Å². The van der Waals surface area contributed by atoms with Crippen molar-refractivity contribution in [1.82, 2.24) is 0 Å². The molecule has 0 aliphatic heterocycles. The molecule has 0 amide bonds. The van der Waals surface area contributed by atoms with Gasteiger partial charge >= 0.3 is 0 Å². The summed E-state index contributed by atoms with van der Waals surface area (Å²) in [6, 6.07) is 17.9. The molecule has 43 heavy (non-hydrogen) atoms. The van der Waals surface area contributed by atoms with Gasteiger partial charge in [0.25, 0.3) is 0 Å². The van der Waals surface area contributed by atoms with Crippen molar-refractivity contribution in [1.29, 1.82) is 0 Å². The second-order valence-electron chi connectivity index (χ2n) is 10.2. The Morgan fingerprint density at radius 3 is 1.58 bits per heavy atom. The smallest absolute Gasteiger partial charge is 0.136 e. The average molecular weight is 560 g/mol. The number of fused-ring (bicyclic) bond motifs is 6. The predicted octanol–water partition coefficient (Wildman–Crippen LogP) is 12.0. The molecule has 0 N–H and O–H groups in total. The van der Waals surface area contributed by atoms with E-state index in [9.17, 15) is 8.22 Å². The molecule has 200 valence electrons. The molecular weight excluding hydrogens is 520 g/mol. The van der Waals surface area contributed by atoms with Crippen molar-refractivity contribution in [3.05, 3.63) is 157 Å². The van der Waals surface area contributed by atoms with Crippen LogP contribution in [0.2, 0.25) is 0 Å². The Bertz CT molecular complexity index is 3170. The normalized spacial score (nSPS) is 16.0. The summed E-state index contributed by atoms with van der Waals surface area (Å²) in [5, 5.41) is 2.17. The van der Waals surface area contributed by atoms with Crippen molar-refractivity contribution in [2.45, 2.75) is 0 Å². The average Bonchev–Trinajstić information content (AvgIpc) is 3.62. The first-order valence-electron chi connectivity index (χ1n) is 20.2. The number of furan rings is 1. The molecule has 1 heterocycles. The summed E-state index contributed by atoms with van der Waals surface area (Å²) in [5.41, 5.74) is 0.870. The quantitative estimate of drug-likeness (QED) is 0.196. The second kappa shape index (κ2) is 9.44. The van der Waals surface area contributed by atoms with Crippen molar-refractivity contribution in [3.63, 3.8) is 0 Å². The van der Waals surface area contributed by atoms with Gasteiger partial charge in [-0.15, -0.1) is 0 Å². The molecule has 9 aromatic rings. The highest BCUT2D eigenvalue weighted by Gasteiger charge is 2.16. The third kappa shape index (κ3) is 3.79. The fourth-order valence-corrected chi connectivity index (χ4v) is 5.86. The number of para-hydroxylation sites is 1. The van der Waals surface area contributed by atoms with E-state index in [1.807, 2.05) is 78.9 Å². The Morgan fingerprint density at radius 2 is 0.884 bits per heavy atom. The second-order valence-corrected chi connectivity index (χ2v) is 10.2. The van der Waals surface area contributed by atoms with Crippen LogP contribution >= 0.6 is 0 Å². The first-order chi connectivity index (χ1) is 26.8. The molecule has 9 rings (SSSR count). The van der Waals surface area contributed by atoms with E-state index >= 15 is 0 Å². The van der Waals surface area contributed by atoms with Crippen LogP contribution in [0.5, 0.6) is 0 Å². The Morgan fingerprint density at radius 1 is 0.372 bits per heavy atom.